The van der Waals surface area contributed by atoms with E-state index in [0.717, 1.165) is 0 Å². The summed E-state index contributed by atoms with van der Waals surface area (Å²) in [6, 6.07) is 0. The van der Waals surface area contributed by atoms with Gasteiger partial charge in [-0.15, -0.1) is 0 Å². The van der Waals surface area contributed by atoms with Crippen LogP contribution in [-0.4, -0.2) is 15.7 Å². The second-order valence-corrected chi connectivity index (χ2v) is 5.05. The minimum absolute atomic E-state index is 0.438. The molecule has 0 saturated heterocycles. The molecule has 9 heteroatoms. The highest BCUT2D eigenvalue weighted by Gasteiger charge is 2.29. The average Bonchev–Trinajstić information content (AvgIpc) is 2.14. The lowest BCUT2D eigenvalue weighted by Crippen LogP contribution is -2.07. The summed E-state index contributed by atoms with van der Waals surface area (Å²) in [5.41, 5.74) is -1.38. The second kappa shape index (κ2) is 5.95. The van der Waals surface area contributed by atoms with E-state index in [1.807, 2.05) is 0 Å². The van der Waals surface area contributed by atoms with Crippen molar-refractivity contribution in [3.63, 3.8) is 0 Å². The molecule has 1 rings (SSSR count). The topological polar surface area (TPSA) is 51.2 Å². The monoisotopic (exact) mass is 366 g/mol. The Morgan fingerprint density at radius 2 is 0.722 bits per heavy atom. The van der Waals surface area contributed by atoms with Crippen molar-refractivity contribution in [1.29, 1.82) is 0 Å². The summed E-state index contributed by atoms with van der Waals surface area (Å²) < 4.78 is 0. The molecule has 0 atom stereocenters. The van der Waals surface area contributed by atoms with Gasteiger partial charge in [-0.2, -0.15) is 0 Å². The lowest BCUT2D eigenvalue weighted by molar-refractivity contribution is 0.108. The molecule has 0 unspecified atom stereocenters. The van der Waals surface area contributed by atoms with Gasteiger partial charge in [-0.3, -0.25) is 14.4 Å². The summed E-state index contributed by atoms with van der Waals surface area (Å²) in [5, 5.41) is -4.56. The molecule has 0 aromatic heterocycles. The van der Waals surface area contributed by atoms with Crippen LogP contribution in [0.15, 0.2) is 0 Å². The Labute approximate surface area is 131 Å². The van der Waals surface area contributed by atoms with Crippen LogP contribution in [0.25, 0.3) is 0 Å². The highest BCUT2D eigenvalue weighted by molar-refractivity contribution is 6.75. The largest absolute Gasteiger partial charge is 0.275 e. The number of halogens is 6. The van der Waals surface area contributed by atoms with Gasteiger partial charge in [0.25, 0.3) is 15.7 Å². The number of hydrogen-bond donors (Lipinski definition) is 0. The molecule has 0 aliphatic heterocycles. The van der Waals surface area contributed by atoms with Crippen LogP contribution in [0.1, 0.15) is 31.1 Å². The van der Waals surface area contributed by atoms with Crippen molar-refractivity contribution in [2.24, 2.45) is 0 Å². The van der Waals surface area contributed by atoms with Gasteiger partial charge in [-0.05, 0) is 34.8 Å². The Morgan fingerprint density at radius 3 is 0.833 bits per heavy atom. The van der Waals surface area contributed by atoms with Crippen molar-refractivity contribution < 1.29 is 14.4 Å². The zero-order chi connectivity index (χ0) is 14.2. The van der Waals surface area contributed by atoms with Crippen molar-refractivity contribution in [2.45, 2.75) is 0 Å². The molecule has 0 amide bonds. The van der Waals surface area contributed by atoms with Crippen LogP contribution < -0.4 is 0 Å². The first-order valence-electron chi connectivity index (χ1n) is 4.00. The molecule has 0 N–H and O–H groups in total. The van der Waals surface area contributed by atoms with E-state index in [0.29, 0.717) is 0 Å². The first-order valence-corrected chi connectivity index (χ1v) is 6.26. The van der Waals surface area contributed by atoms with Gasteiger partial charge < -0.3 is 0 Å². The number of carbonyl (C=O) groups excluding carboxylic acids is 3. The zero-order valence-corrected chi connectivity index (χ0v) is 12.5. The Balaban J connectivity index is 3.94. The minimum Gasteiger partial charge on any atom is -0.275 e. The average molecular weight is 369 g/mol. The predicted molar refractivity (Wildman–Crippen MR) is 72.0 cm³/mol. The van der Waals surface area contributed by atoms with E-state index >= 15 is 0 Å². The molecular formula is C9Cl6O3. The molecule has 96 valence electrons. The third kappa shape index (κ3) is 2.77. The van der Waals surface area contributed by atoms with Gasteiger partial charge in [0.15, 0.2) is 0 Å². The molecule has 0 heterocycles. The molecule has 0 aliphatic rings. The summed E-state index contributed by atoms with van der Waals surface area (Å²) >= 11 is 33.0. The summed E-state index contributed by atoms with van der Waals surface area (Å²) in [4.78, 5) is 33.6. The smallest absolute Gasteiger partial charge is 0.255 e. The number of benzene rings is 1. The van der Waals surface area contributed by atoms with Crippen LogP contribution in [0.3, 0.4) is 0 Å². The SMILES string of the molecule is O=C(Cl)c1c(Cl)c(C(=O)Cl)c(Cl)c(C(=O)Cl)c1Cl. The quantitative estimate of drug-likeness (QED) is 0.721. The van der Waals surface area contributed by atoms with Gasteiger partial charge in [0, 0.05) is 0 Å². The molecule has 0 fully saturated rings. The molecule has 0 saturated carbocycles. The number of rotatable bonds is 3. The van der Waals surface area contributed by atoms with Gasteiger partial charge in [0.05, 0.1) is 31.8 Å². The zero-order valence-electron chi connectivity index (χ0n) is 7.99. The van der Waals surface area contributed by atoms with E-state index in [1.165, 1.54) is 0 Å². The van der Waals surface area contributed by atoms with Gasteiger partial charge in [-0.1, -0.05) is 34.8 Å². The van der Waals surface area contributed by atoms with Crippen molar-refractivity contribution in [3.8, 4) is 0 Å². The predicted octanol–water partition coefficient (Wildman–Crippen LogP) is 4.78. The van der Waals surface area contributed by atoms with Crippen molar-refractivity contribution in [1.82, 2.24) is 0 Å². The van der Waals surface area contributed by atoms with Crippen LogP contribution in [0.2, 0.25) is 15.1 Å². The highest BCUT2D eigenvalue weighted by Crippen LogP contribution is 2.40. The lowest BCUT2D eigenvalue weighted by Gasteiger charge is -2.12. The first kappa shape index (κ1) is 16.0. The fraction of sp³-hybridized carbons (Fsp3) is 0. The molecule has 1 aromatic carbocycles. The number of hydrogen-bond acceptors (Lipinski definition) is 3. The van der Waals surface area contributed by atoms with Crippen LogP contribution in [0.4, 0.5) is 0 Å². The molecule has 1 aromatic rings. The molecular weight excluding hydrogens is 369 g/mol. The van der Waals surface area contributed by atoms with Gasteiger partial charge in [0.1, 0.15) is 0 Å². The summed E-state index contributed by atoms with van der Waals surface area (Å²) in [7, 11) is 0. The van der Waals surface area contributed by atoms with Crippen molar-refractivity contribution >= 4 is 85.3 Å². The molecule has 0 spiro atoms. The maximum atomic E-state index is 11.2. The molecule has 0 aliphatic carbocycles. The Morgan fingerprint density at radius 1 is 0.556 bits per heavy atom. The fourth-order valence-corrected chi connectivity index (χ4v) is 3.27. The maximum Gasteiger partial charge on any atom is 0.255 e. The lowest BCUT2D eigenvalue weighted by atomic mass is 10.1. The van der Waals surface area contributed by atoms with Gasteiger partial charge >= 0.3 is 0 Å². The van der Waals surface area contributed by atoms with E-state index in [9.17, 15) is 14.4 Å². The molecule has 0 radical (unpaired) electrons. The maximum absolute atomic E-state index is 11.2. The Kier molecular flexibility index (Phi) is 5.30. The van der Waals surface area contributed by atoms with Crippen LogP contribution in [0, 0.1) is 0 Å². The normalized spacial score (nSPS) is 10.3. The van der Waals surface area contributed by atoms with E-state index in [-0.39, 0.29) is 0 Å². The molecule has 3 nitrogen and oxygen atoms in total. The highest BCUT2D eigenvalue weighted by atomic mass is 35.5. The van der Waals surface area contributed by atoms with E-state index < -0.39 is 47.5 Å². The van der Waals surface area contributed by atoms with E-state index in [1.54, 1.807) is 0 Å². The second-order valence-electron chi connectivity index (χ2n) is 2.89. The van der Waals surface area contributed by atoms with E-state index in [2.05, 4.69) is 0 Å². The van der Waals surface area contributed by atoms with Crippen LogP contribution in [-0.2, 0) is 0 Å². The fourth-order valence-electron chi connectivity index (χ4n) is 1.18. The first-order chi connectivity index (χ1) is 8.20. The Bertz CT molecular complexity index is 478. The third-order valence-corrected chi connectivity index (χ3v) is 3.61. The van der Waals surface area contributed by atoms with E-state index in [4.69, 9.17) is 69.6 Å². The summed E-state index contributed by atoms with van der Waals surface area (Å²) in [6.45, 7) is 0. The van der Waals surface area contributed by atoms with Gasteiger partial charge in [-0.25, -0.2) is 0 Å². The van der Waals surface area contributed by atoms with Gasteiger partial charge in [0.2, 0.25) is 0 Å². The van der Waals surface area contributed by atoms with Crippen molar-refractivity contribution in [3.05, 3.63) is 31.8 Å². The molecule has 18 heavy (non-hydrogen) atoms. The van der Waals surface area contributed by atoms with Crippen LogP contribution in [0.5, 0.6) is 0 Å². The molecule has 0 bridgehead atoms. The Hall–Kier alpha value is -0.0300. The van der Waals surface area contributed by atoms with Crippen LogP contribution >= 0.6 is 69.6 Å². The summed E-state index contributed by atoms with van der Waals surface area (Å²) in [6.07, 6.45) is 0. The minimum atomic E-state index is -1.08. The standard InChI is InChI=1S/C9Cl6O3/c10-4-1(7(13)16)5(11)3(9(15)18)6(12)2(4)8(14)17. The summed E-state index contributed by atoms with van der Waals surface area (Å²) in [5.74, 6) is 0. The third-order valence-electron chi connectivity index (χ3n) is 1.91. The number of carbonyl (C=O) groups is 3. The van der Waals surface area contributed by atoms with Crippen molar-refractivity contribution in [2.75, 3.05) is 0 Å².